The van der Waals surface area contributed by atoms with Crippen molar-refractivity contribution in [2.45, 2.75) is 19.4 Å². The van der Waals surface area contributed by atoms with Crippen LogP contribution in [0.4, 0.5) is 5.69 Å². The molecule has 1 amide bonds. The summed E-state index contributed by atoms with van der Waals surface area (Å²) in [5.41, 5.74) is 0.823. The molecule has 1 unspecified atom stereocenters. The van der Waals surface area contributed by atoms with Gasteiger partial charge in [-0.2, -0.15) is 0 Å². The third-order valence-corrected chi connectivity index (χ3v) is 4.84. The lowest BCUT2D eigenvalue weighted by molar-refractivity contribution is -0.121. The number of hydrogen-bond donors (Lipinski definition) is 2. The highest BCUT2D eigenvalue weighted by Gasteiger charge is 2.24. The lowest BCUT2D eigenvalue weighted by atomic mass is 10.2. The van der Waals surface area contributed by atoms with Crippen molar-refractivity contribution in [1.29, 1.82) is 0 Å². The molecular formula is C23H30N4O4. The Hall–Kier alpha value is -3.42. The third-order valence-electron chi connectivity index (χ3n) is 4.84. The molecule has 1 aliphatic heterocycles. The molecule has 2 N–H and O–H groups in total. The summed E-state index contributed by atoms with van der Waals surface area (Å²) in [6.07, 6.45) is 0.686. The fraction of sp³-hybridized carbons (Fsp3) is 0.391. The van der Waals surface area contributed by atoms with Crippen LogP contribution in [0, 0.1) is 0 Å². The molecule has 8 nitrogen and oxygen atoms in total. The largest absolute Gasteiger partial charge is 0.493 e. The number of nitrogens with zero attached hydrogens (tertiary/aromatic N) is 2. The van der Waals surface area contributed by atoms with Gasteiger partial charge in [0.05, 0.1) is 19.3 Å². The molecule has 0 saturated heterocycles. The van der Waals surface area contributed by atoms with Gasteiger partial charge in [0.15, 0.2) is 24.1 Å². The van der Waals surface area contributed by atoms with Crippen LogP contribution in [-0.2, 0) is 4.79 Å². The van der Waals surface area contributed by atoms with E-state index in [1.807, 2.05) is 55.5 Å². The fourth-order valence-electron chi connectivity index (χ4n) is 3.28. The Labute approximate surface area is 183 Å². The van der Waals surface area contributed by atoms with Crippen molar-refractivity contribution in [3.8, 4) is 17.2 Å². The number of para-hydroxylation sites is 4. The monoisotopic (exact) mass is 426 g/mol. The van der Waals surface area contributed by atoms with Crippen LogP contribution in [0.25, 0.3) is 0 Å². The Kier molecular flexibility index (Phi) is 7.98. The first-order valence-electron chi connectivity index (χ1n) is 10.4. The Balaban J connectivity index is 1.41. The van der Waals surface area contributed by atoms with E-state index < -0.39 is 0 Å². The summed E-state index contributed by atoms with van der Waals surface area (Å²) >= 11 is 0. The summed E-state index contributed by atoms with van der Waals surface area (Å²) in [7, 11) is 3.35. The van der Waals surface area contributed by atoms with E-state index in [0.717, 1.165) is 17.9 Å². The Morgan fingerprint density at radius 2 is 1.90 bits per heavy atom. The predicted molar refractivity (Wildman–Crippen MR) is 121 cm³/mol. The lowest BCUT2D eigenvalue weighted by Crippen LogP contribution is -2.43. The first kappa shape index (κ1) is 22.3. The van der Waals surface area contributed by atoms with E-state index in [-0.39, 0.29) is 18.6 Å². The topological polar surface area (TPSA) is 84.4 Å². The van der Waals surface area contributed by atoms with Crippen LogP contribution >= 0.6 is 0 Å². The van der Waals surface area contributed by atoms with E-state index >= 15 is 0 Å². The van der Waals surface area contributed by atoms with Crippen LogP contribution in [0.15, 0.2) is 53.5 Å². The Morgan fingerprint density at radius 1 is 1.16 bits per heavy atom. The summed E-state index contributed by atoms with van der Waals surface area (Å²) in [5, 5.41) is 6.54. The number of rotatable bonds is 9. The van der Waals surface area contributed by atoms with Crippen molar-refractivity contribution in [2.24, 2.45) is 4.99 Å². The molecule has 0 aliphatic carbocycles. The van der Waals surface area contributed by atoms with Crippen molar-refractivity contribution < 1.29 is 19.0 Å². The summed E-state index contributed by atoms with van der Waals surface area (Å²) < 4.78 is 16.8. The normalized spacial score (nSPS) is 14.4. The van der Waals surface area contributed by atoms with Crippen LogP contribution in [0.1, 0.15) is 13.3 Å². The van der Waals surface area contributed by atoms with Crippen molar-refractivity contribution in [1.82, 2.24) is 10.6 Å². The minimum atomic E-state index is -0.0858. The van der Waals surface area contributed by atoms with Gasteiger partial charge in [0.1, 0.15) is 11.9 Å². The summed E-state index contributed by atoms with van der Waals surface area (Å²) in [6, 6.07) is 15.2. The number of hydrogen-bond acceptors (Lipinski definition) is 5. The second kappa shape index (κ2) is 11.1. The molecule has 0 aromatic heterocycles. The van der Waals surface area contributed by atoms with Crippen LogP contribution in [0.5, 0.6) is 17.2 Å². The minimum Gasteiger partial charge on any atom is -0.493 e. The highest BCUT2D eigenvalue weighted by atomic mass is 16.5. The zero-order valence-electron chi connectivity index (χ0n) is 18.3. The number of guanidine groups is 1. The van der Waals surface area contributed by atoms with Gasteiger partial charge >= 0.3 is 0 Å². The smallest absolute Gasteiger partial charge is 0.265 e. The van der Waals surface area contributed by atoms with Gasteiger partial charge in [-0.1, -0.05) is 24.3 Å². The van der Waals surface area contributed by atoms with Crippen LogP contribution < -0.4 is 29.7 Å². The van der Waals surface area contributed by atoms with Crippen LogP contribution in [0.2, 0.25) is 0 Å². The number of carbonyl (C=O) groups is 1. The number of fused-ring (bicyclic) bond motifs is 1. The molecule has 1 atom stereocenters. The fourth-order valence-corrected chi connectivity index (χ4v) is 3.28. The number of anilines is 1. The standard InChI is InChI=1S/C23H30N4O4/c1-17(31-21-12-7-6-11-20(21)29-3)15-26-23(24-2)25-13-8-14-27-18-9-4-5-10-19(18)30-16-22(27)28/h4-7,9-12,17H,8,13-16H2,1-3H3,(H2,24,25,26). The molecule has 0 fully saturated rings. The molecule has 0 spiro atoms. The molecule has 0 bridgehead atoms. The molecular weight excluding hydrogens is 396 g/mol. The lowest BCUT2D eigenvalue weighted by Gasteiger charge is -2.29. The van der Waals surface area contributed by atoms with Gasteiger partial charge < -0.3 is 29.7 Å². The number of ether oxygens (including phenoxy) is 3. The first-order chi connectivity index (χ1) is 15.1. The summed E-state index contributed by atoms with van der Waals surface area (Å²) in [6.45, 7) is 3.92. The van der Waals surface area contributed by atoms with Gasteiger partial charge in [-0.3, -0.25) is 9.79 Å². The summed E-state index contributed by atoms with van der Waals surface area (Å²) in [4.78, 5) is 18.3. The highest BCUT2D eigenvalue weighted by Crippen LogP contribution is 2.31. The number of nitrogens with one attached hydrogen (secondary N) is 2. The van der Waals surface area contributed by atoms with Gasteiger partial charge in [-0.05, 0) is 37.6 Å². The van der Waals surface area contributed by atoms with Crippen LogP contribution in [-0.4, -0.2) is 58.4 Å². The average molecular weight is 427 g/mol. The van der Waals surface area contributed by atoms with E-state index in [9.17, 15) is 4.79 Å². The number of methoxy groups -OCH3 is 1. The van der Waals surface area contributed by atoms with Gasteiger partial charge in [-0.25, -0.2) is 0 Å². The van der Waals surface area contributed by atoms with Gasteiger partial charge in [0, 0.05) is 20.1 Å². The maximum absolute atomic E-state index is 12.2. The molecule has 2 aromatic rings. The van der Waals surface area contributed by atoms with Crippen molar-refractivity contribution >= 4 is 17.6 Å². The first-order valence-corrected chi connectivity index (χ1v) is 10.4. The predicted octanol–water partition coefficient (Wildman–Crippen LogP) is 2.44. The SMILES string of the molecule is CN=C(NCCCN1C(=O)COc2ccccc21)NCC(C)Oc1ccccc1OC. The minimum absolute atomic E-state index is 0.0245. The van der Waals surface area contributed by atoms with Gasteiger partial charge in [-0.15, -0.1) is 0 Å². The molecule has 1 heterocycles. The average Bonchev–Trinajstić information content (AvgIpc) is 2.80. The molecule has 3 rings (SSSR count). The van der Waals surface area contributed by atoms with Crippen LogP contribution in [0.3, 0.4) is 0 Å². The Bertz CT molecular complexity index is 903. The van der Waals surface area contributed by atoms with E-state index in [1.165, 1.54) is 0 Å². The molecule has 2 aromatic carbocycles. The maximum Gasteiger partial charge on any atom is 0.265 e. The number of carbonyl (C=O) groups excluding carboxylic acids is 1. The van der Waals surface area contributed by atoms with E-state index in [0.29, 0.717) is 37.1 Å². The molecule has 0 saturated carbocycles. The molecule has 1 aliphatic rings. The molecule has 0 radical (unpaired) electrons. The van der Waals surface area contributed by atoms with Crippen molar-refractivity contribution in [3.05, 3.63) is 48.5 Å². The third kappa shape index (κ3) is 6.04. The van der Waals surface area contributed by atoms with E-state index in [4.69, 9.17) is 14.2 Å². The second-order valence-electron chi connectivity index (χ2n) is 7.11. The number of benzene rings is 2. The van der Waals surface area contributed by atoms with E-state index in [2.05, 4.69) is 15.6 Å². The maximum atomic E-state index is 12.2. The molecule has 31 heavy (non-hydrogen) atoms. The van der Waals surface area contributed by atoms with Gasteiger partial charge in [0.25, 0.3) is 5.91 Å². The number of amides is 1. The quantitative estimate of drug-likeness (QED) is 0.364. The second-order valence-corrected chi connectivity index (χ2v) is 7.11. The van der Waals surface area contributed by atoms with E-state index in [1.54, 1.807) is 19.1 Å². The zero-order valence-corrected chi connectivity index (χ0v) is 18.3. The Morgan fingerprint density at radius 3 is 2.68 bits per heavy atom. The zero-order chi connectivity index (χ0) is 22.1. The molecule has 8 heteroatoms. The molecule has 166 valence electrons. The van der Waals surface area contributed by atoms with Crippen molar-refractivity contribution in [3.63, 3.8) is 0 Å². The van der Waals surface area contributed by atoms with Gasteiger partial charge in [0.2, 0.25) is 0 Å². The summed E-state index contributed by atoms with van der Waals surface area (Å²) in [5.74, 6) is 2.82. The van der Waals surface area contributed by atoms with Crippen molar-refractivity contribution in [2.75, 3.05) is 45.3 Å². The highest BCUT2D eigenvalue weighted by molar-refractivity contribution is 5.97. The number of aliphatic imine (C=N–C) groups is 1.